The zero-order valence-corrected chi connectivity index (χ0v) is 9.36. The van der Waals surface area contributed by atoms with Crippen molar-refractivity contribution in [2.75, 3.05) is 6.61 Å². The van der Waals surface area contributed by atoms with Crippen molar-refractivity contribution in [3.05, 3.63) is 0 Å². The first-order valence-electron chi connectivity index (χ1n) is 3.70. The van der Waals surface area contributed by atoms with Crippen LogP contribution < -0.4 is 0 Å². The maximum atomic E-state index is 11.3. The molecule has 0 N–H and O–H groups in total. The van der Waals surface area contributed by atoms with Crippen molar-refractivity contribution in [2.24, 2.45) is 0 Å². The summed E-state index contributed by atoms with van der Waals surface area (Å²) in [6.07, 6.45) is 0.740. The van der Waals surface area contributed by atoms with Gasteiger partial charge in [-0.2, -0.15) is 0 Å². The topological polar surface area (TPSA) is 43.4 Å². The Bertz CT molecular complexity index is 207. The van der Waals surface area contributed by atoms with Crippen LogP contribution in [0, 0.1) is 0 Å². The Kier molecular flexibility index (Phi) is 7.50. The molecule has 6 heteroatoms. The standard InChI is InChI=1S/C6H16O3SSi.Na.H/c1-5-6-9-10(7,8)11(2,3)4;;/h5-6H2,1-4H3;;. The van der Waals surface area contributed by atoms with Crippen molar-refractivity contribution in [2.45, 2.75) is 33.0 Å². The van der Waals surface area contributed by atoms with E-state index in [1.807, 2.05) is 6.92 Å². The Morgan fingerprint density at radius 3 is 1.92 bits per heavy atom. The Balaban J connectivity index is 0. The molecule has 0 spiro atoms. The number of hydrogen-bond acceptors (Lipinski definition) is 3. The Morgan fingerprint density at radius 2 is 1.67 bits per heavy atom. The molecule has 0 aliphatic rings. The number of rotatable bonds is 4. The fourth-order valence-electron chi connectivity index (χ4n) is 0.370. The molecular weight excluding hydrogens is 203 g/mol. The van der Waals surface area contributed by atoms with E-state index < -0.39 is 16.8 Å². The van der Waals surface area contributed by atoms with Gasteiger partial charge in [-0.15, -0.1) is 0 Å². The third-order valence-corrected chi connectivity index (χ3v) is 8.02. The molecule has 12 heavy (non-hydrogen) atoms. The first kappa shape index (κ1) is 15.6. The molecule has 0 fully saturated rings. The normalized spacial score (nSPS) is 12.3. The summed E-state index contributed by atoms with van der Waals surface area (Å²) in [7, 11) is -5.39. The van der Waals surface area contributed by atoms with Crippen LogP contribution in [0.15, 0.2) is 0 Å². The van der Waals surface area contributed by atoms with Gasteiger partial charge in [0.1, 0.15) is 0 Å². The fourth-order valence-corrected chi connectivity index (χ4v) is 2.42. The summed E-state index contributed by atoms with van der Waals surface area (Å²) in [5.74, 6) is 0. The van der Waals surface area contributed by atoms with Gasteiger partial charge in [0.2, 0.25) is 16.8 Å². The van der Waals surface area contributed by atoms with Gasteiger partial charge in [0.15, 0.2) is 0 Å². The van der Waals surface area contributed by atoms with Crippen LogP contribution in [0.4, 0.5) is 0 Å². The monoisotopic (exact) mass is 220 g/mol. The van der Waals surface area contributed by atoms with E-state index in [-0.39, 0.29) is 29.6 Å². The summed E-state index contributed by atoms with van der Waals surface area (Å²) in [6.45, 7) is 7.49. The van der Waals surface area contributed by atoms with Crippen molar-refractivity contribution in [3.63, 3.8) is 0 Å². The molecule has 0 bridgehead atoms. The molecule has 0 aromatic carbocycles. The van der Waals surface area contributed by atoms with Gasteiger partial charge in [0.25, 0.3) is 0 Å². The van der Waals surface area contributed by atoms with E-state index in [0.29, 0.717) is 6.61 Å². The van der Waals surface area contributed by atoms with Crippen LogP contribution in [0.3, 0.4) is 0 Å². The molecule has 0 atom stereocenters. The molecule has 0 aliphatic heterocycles. The van der Waals surface area contributed by atoms with Gasteiger partial charge in [0, 0.05) is 0 Å². The van der Waals surface area contributed by atoms with E-state index in [1.165, 1.54) is 0 Å². The molecule has 0 radical (unpaired) electrons. The van der Waals surface area contributed by atoms with E-state index in [0.717, 1.165) is 6.42 Å². The summed E-state index contributed by atoms with van der Waals surface area (Å²) in [6, 6.07) is 0. The van der Waals surface area contributed by atoms with Crippen LogP contribution in [0.1, 0.15) is 13.3 Å². The summed E-state index contributed by atoms with van der Waals surface area (Å²) in [5, 5.41) is 0. The van der Waals surface area contributed by atoms with E-state index in [9.17, 15) is 8.42 Å². The van der Waals surface area contributed by atoms with Gasteiger partial charge in [-0.25, -0.2) is 8.42 Å². The zero-order chi connectivity index (χ0) is 9.12. The van der Waals surface area contributed by atoms with Crippen LogP contribution in [0.25, 0.3) is 0 Å². The van der Waals surface area contributed by atoms with Gasteiger partial charge >= 0.3 is 29.6 Å². The van der Waals surface area contributed by atoms with E-state index in [4.69, 9.17) is 4.18 Å². The van der Waals surface area contributed by atoms with Crippen molar-refractivity contribution in [3.8, 4) is 0 Å². The Labute approximate surface area is 97.9 Å². The molecular formula is C6H17NaO3SSi. The molecule has 0 unspecified atom stereocenters. The summed E-state index contributed by atoms with van der Waals surface area (Å²) in [5.41, 5.74) is 0. The van der Waals surface area contributed by atoms with E-state index >= 15 is 0 Å². The fraction of sp³-hybridized carbons (Fsp3) is 1.00. The average molecular weight is 220 g/mol. The Morgan fingerprint density at radius 1 is 1.25 bits per heavy atom. The average Bonchev–Trinajstić information content (AvgIpc) is 1.81. The van der Waals surface area contributed by atoms with Crippen LogP contribution in [0.5, 0.6) is 0 Å². The van der Waals surface area contributed by atoms with Crippen LogP contribution >= 0.6 is 0 Å². The SMILES string of the molecule is CCCOS(=O)(=O)[Si](C)(C)C.[NaH]. The first-order valence-corrected chi connectivity index (χ1v) is 9.33. The predicted octanol–water partition coefficient (Wildman–Crippen LogP) is 0.929. The van der Waals surface area contributed by atoms with Crippen LogP contribution in [-0.2, 0) is 13.8 Å². The van der Waals surface area contributed by atoms with Crippen molar-refractivity contribution in [1.29, 1.82) is 0 Å². The maximum absolute atomic E-state index is 11.3. The second-order valence-electron chi connectivity index (χ2n) is 3.39. The molecule has 3 nitrogen and oxygen atoms in total. The van der Waals surface area contributed by atoms with Crippen LogP contribution in [-0.4, -0.2) is 51.8 Å². The Hall–Kier alpha value is 1.13. The van der Waals surface area contributed by atoms with Crippen molar-refractivity contribution < 1.29 is 12.6 Å². The first-order chi connectivity index (χ1) is 4.81. The molecule has 0 saturated heterocycles. The third kappa shape index (κ3) is 4.99. The van der Waals surface area contributed by atoms with Crippen LogP contribution in [0.2, 0.25) is 19.6 Å². The minimum atomic E-state index is -3.22. The van der Waals surface area contributed by atoms with Gasteiger partial charge in [-0.3, -0.25) is 4.18 Å². The third-order valence-electron chi connectivity index (χ3n) is 1.19. The molecule has 0 amide bonds. The zero-order valence-electron chi connectivity index (χ0n) is 7.55. The van der Waals surface area contributed by atoms with Gasteiger partial charge in [0.05, 0.1) is 6.61 Å². The van der Waals surface area contributed by atoms with Gasteiger partial charge < -0.3 is 0 Å². The second kappa shape index (κ2) is 5.77. The second-order valence-corrected chi connectivity index (χ2v) is 13.9. The number of hydrogen-bond donors (Lipinski definition) is 0. The quantitative estimate of drug-likeness (QED) is 0.662. The summed E-state index contributed by atoms with van der Waals surface area (Å²) < 4.78 is 27.3. The summed E-state index contributed by atoms with van der Waals surface area (Å²) in [4.78, 5) is 0. The molecule has 0 aromatic heterocycles. The van der Waals surface area contributed by atoms with Crippen molar-refractivity contribution >= 4 is 46.3 Å². The van der Waals surface area contributed by atoms with Gasteiger partial charge in [-0.05, 0) is 6.42 Å². The molecule has 0 aliphatic carbocycles. The molecule has 0 saturated carbocycles. The van der Waals surface area contributed by atoms with Crippen molar-refractivity contribution in [1.82, 2.24) is 0 Å². The van der Waals surface area contributed by atoms with E-state index in [1.54, 1.807) is 19.6 Å². The molecule has 70 valence electrons. The van der Waals surface area contributed by atoms with E-state index in [2.05, 4.69) is 0 Å². The molecule has 0 rings (SSSR count). The molecule has 0 heterocycles. The van der Waals surface area contributed by atoms with Gasteiger partial charge in [-0.1, -0.05) is 26.6 Å². The summed E-state index contributed by atoms with van der Waals surface area (Å²) >= 11 is 0. The predicted molar refractivity (Wildman–Crippen MR) is 55.7 cm³/mol. The molecule has 0 aromatic rings. The minimum absolute atomic E-state index is 0.